The average Bonchev–Trinajstić information content (AvgIpc) is 2.34. The van der Waals surface area contributed by atoms with Crippen molar-refractivity contribution in [1.29, 1.82) is 0 Å². The van der Waals surface area contributed by atoms with E-state index in [0.29, 0.717) is 5.75 Å². The molecule has 4 heteroatoms. The third-order valence-corrected chi connectivity index (χ3v) is 2.16. The molecule has 0 spiro atoms. The number of carboxylic acid groups (broad SMARTS) is 1. The minimum atomic E-state index is -1.00. The van der Waals surface area contributed by atoms with Gasteiger partial charge in [-0.3, -0.25) is 0 Å². The molecule has 0 heterocycles. The van der Waals surface area contributed by atoms with E-state index in [1.54, 1.807) is 12.1 Å². The quantitative estimate of drug-likeness (QED) is 0.609. The van der Waals surface area contributed by atoms with Gasteiger partial charge in [0.2, 0.25) is 0 Å². The Kier molecular flexibility index (Phi) is 5.05. The van der Waals surface area contributed by atoms with Crippen LogP contribution in [0.1, 0.15) is 22.3 Å². The number of ether oxygens (including phenoxy) is 1. The fourth-order valence-electron chi connectivity index (χ4n) is 1.30. The monoisotopic (exact) mass is 233 g/mol. The van der Waals surface area contributed by atoms with E-state index in [2.05, 4.69) is 17.2 Å². The Hall–Kier alpha value is -1.99. The highest BCUT2D eigenvalue weighted by atomic mass is 16.5. The van der Waals surface area contributed by atoms with E-state index >= 15 is 0 Å². The van der Waals surface area contributed by atoms with Gasteiger partial charge in [-0.15, -0.1) is 0 Å². The van der Waals surface area contributed by atoms with Gasteiger partial charge in [-0.2, -0.15) is 0 Å². The third kappa shape index (κ3) is 3.82. The summed E-state index contributed by atoms with van der Waals surface area (Å²) in [5, 5.41) is 11.9. The molecule has 2 N–H and O–H groups in total. The predicted molar refractivity (Wildman–Crippen MR) is 65.4 cm³/mol. The number of rotatable bonds is 4. The zero-order valence-corrected chi connectivity index (χ0v) is 9.91. The van der Waals surface area contributed by atoms with Crippen molar-refractivity contribution in [3.8, 4) is 17.6 Å². The SMILES string of the molecule is CNCCC#Cc1ccc(C(=O)O)c(OC)c1. The van der Waals surface area contributed by atoms with Gasteiger partial charge in [-0.1, -0.05) is 11.8 Å². The summed E-state index contributed by atoms with van der Waals surface area (Å²) in [5.41, 5.74) is 0.899. The zero-order valence-electron chi connectivity index (χ0n) is 9.91. The molecular weight excluding hydrogens is 218 g/mol. The van der Waals surface area contributed by atoms with Crippen molar-refractivity contribution in [2.24, 2.45) is 0 Å². The van der Waals surface area contributed by atoms with E-state index in [1.165, 1.54) is 13.2 Å². The molecule has 1 aromatic rings. The first-order valence-electron chi connectivity index (χ1n) is 5.24. The molecule has 0 radical (unpaired) electrons. The minimum absolute atomic E-state index is 0.147. The van der Waals surface area contributed by atoms with E-state index in [1.807, 2.05) is 7.05 Å². The van der Waals surface area contributed by atoms with E-state index in [9.17, 15) is 4.79 Å². The molecule has 0 amide bonds. The predicted octanol–water partition coefficient (Wildman–Crippen LogP) is 1.35. The van der Waals surface area contributed by atoms with Gasteiger partial charge in [0, 0.05) is 18.5 Å². The number of hydrogen-bond acceptors (Lipinski definition) is 3. The van der Waals surface area contributed by atoms with Crippen molar-refractivity contribution < 1.29 is 14.6 Å². The number of benzene rings is 1. The molecule has 0 saturated carbocycles. The summed E-state index contributed by atoms with van der Waals surface area (Å²) < 4.78 is 5.01. The summed E-state index contributed by atoms with van der Waals surface area (Å²) in [6.07, 6.45) is 0.750. The number of nitrogens with one attached hydrogen (secondary N) is 1. The van der Waals surface area contributed by atoms with Crippen molar-refractivity contribution >= 4 is 5.97 Å². The van der Waals surface area contributed by atoms with Crippen LogP contribution in [0, 0.1) is 11.8 Å². The summed E-state index contributed by atoms with van der Waals surface area (Å²) >= 11 is 0. The van der Waals surface area contributed by atoms with E-state index in [0.717, 1.165) is 18.5 Å². The number of methoxy groups -OCH3 is 1. The zero-order chi connectivity index (χ0) is 12.7. The lowest BCUT2D eigenvalue weighted by Gasteiger charge is -2.04. The van der Waals surface area contributed by atoms with Crippen LogP contribution in [0.25, 0.3) is 0 Å². The van der Waals surface area contributed by atoms with Crippen LogP contribution in [0.15, 0.2) is 18.2 Å². The molecule has 17 heavy (non-hydrogen) atoms. The Bertz CT molecular complexity index is 457. The molecule has 0 aliphatic heterocycles. The second kappa shape index (κ2) is 6.56. The highest BCUT2D eigenvalue weighted by Crippen LogP contribution is 2.19. The van der Waals surface area contributed by atoms with Crippen LogP contribution in [0.2, 0.25) is 0 Å². The number of carbonyl (C=O) groups is 1. The Morgan fingerprint density at radius 2 is 2.29 bits per heavy atom. The van der Waals surface area contributed by atoms with Gasteiger partial charge in [0.1, 0.15) is 11.3 Å². The van der Waals surface area contributed by atoms with Crippen LogP contribution in [-0.4, -0.2) is 31.8 Å². The second-order valence-electron chi connectivity index (χ2n) is 3.38. The molecule has 0 fully saturated rings. The average molecular weight is 233 g/mol. The normalized spacial score (nSPS) is 9.29. The van der Waals surface area contributed by atoms with Crippen molar-refractivity contribution in [3.63, 3.8) is 0 Å². The Labute approximate surface area is 101 Å². The van der Waals surface area contributed by atoms with Gasteiger partial charge in [0.15, 0.2) is 0 Å². The number of hydrogen-bond donors (Lipinski definition) is 2. The maximum atomic E-state index is 10.9. The third-order valence-electron chi connectivity index (χ3n) is 2.16. The molecule has 90 valence electrons. The summed E-state index contributed by atoms with van der Waals surface area (Å²) in [6.45, 7) is 0.831. The minimum Gasteiger partial charge on any atom is -0.496 e. The maximum Gasteiger partial charge on any atom is 0.339 e. The molecule has 1 aromatic carbocycles. The van der Waals surface area contributed by atoms with Gasteiger partial charge in [0.25, 0.3) is 0 Å². The number of carboxylic acids is 1. The fraction of sp³-hybridized carbons (Fsp3) is 0.308. The first-order chi connectivity index (χ1) is 8.19. The summed E-state index contributed by atoms with van der Waals surface area (Å²) in [4.78, 5) is 10.9. The summed E-state index contributed by atoms with van der Waals surface area (Å²) in [5.74, 6) is 5.27. The van der Waals surface area contributed by atoms with Crippen LogP contribution >= 0.6 is 0 Å². The van der Waals surface area contributed by atoms with Gasteiger partial charge in [-0.05, 0) is 25.2 Å². The van der Waals surface area contributed by atoms with Crippen LogP contribution in [0.4, 0.5) is 0 Å². The van der Waals surface area contributed by atoms with Crippen LogP contribution < -0.4 is 10.1 Å². The topological polar surface area (TPSA) is 58.6 Å². The van der Waals surface area contributed by atoms with Crippen molar-refractivity contribution in [3.05, 3.63) is 29.3 Å². The molecule has 0 aliphatic rings. The molecule has 1 rings (SSSR count). The van der Waals surface area contributed by atoms with Gasteiger partial charge in [-0.25, -0.2) is 4.79 Å². The lowest BCUT2D eigenvalue weighted by atomic mass is 10.1. The summed E-state index contributed by atoms with van der Waals surface area (Å²) in [6, 6.07) is 4.82. The van der Waals surface area contributed by atoms with Crippen molar-refractivity contribution in [2.75, 3.05) is 20.7 Å². The largest absolute Gasteiger partial charge is 0.496 e. The smallest absolute Gasteiger partial charge is 0.339 e. The highest BCUT2D eigenvalue weighted by molar-refractivity contribution is 5.91. The summed E-state index contributed by atoms with van der Waals surface area (Å²) in [7, 11) is 3.31. The molecule has 0 unspecified atom stereocenters. The van der Waals surface area contributed by atoms with Gasteiger partial charge in [0.05, 0.1) is 7.11 Å². The van der Waals surface area contributed by atoms with Gasteiger partial charge >= 0.3 is 5.97 Å². The first kappa shape index (κ1) is 13.1. The molecule has 0 aliphatic carbocycles. The molecule has 0 bridgehead atoms. The van der Waals surface area contributed by atoms with Crippen LogP contribution in [0.5, 0.6) is 5.75 Å². The van der Waals surface area contributed by atoms with Crippen LogP contribution in [0.3, 0.4) is 0 Å². The molecule has 4 nitrogen and oxygen atoms in total. The first-order valence-corrected chi connectivity index (χ1v) is 5.24. The number of aromatic carboxylic acids is 1. The van der Waals surface area contributed by atoms with E-state index in [-0.39, 0.29) is 5.56 Å². The lowest BCUT2D eigenvalue weighted by molar-refractivity contribution is 0.0693. The lowest BCUT2D eigenvalue weighted by Crippen LogP contribution is -2.05. The molecule has 0 saturated heterocycles. The standard InChI is InChI=1S/C13H15NO3/c1-14-8-4-3-5-10-6-7-11(13(15)16)12(9-10)17-2/h6-7,9,14H,4,8H2,1-2H3,(H,15,16). The van der Waals surface area contributed by atoms with Gasteiger partial charge < -0.3 is 15.2 Å². The van der Waals surface area contributed by atoms with Crippen molar-refractivity contribution in [2.45, 2.75) is 6.42 Å². The molecular formula is C13H15NO3. The van der Waals surface area contributed by atoms with E-state index < -0.39 is 5.97 Å². The Morgan fingerprint density at radius 3 is 2.88 bits per heavy atom. The second-order valence-corrected chi connectivity index (χ2v) is 3.38. The van der Waals surface area contributed by atoms with Crippen LogP contribution in [-0.2, 0) is 0 Å². The Morgan fingerprint density at radius 1 is 1.53 bits per heavy atom. The fourth-order valence-corrected chi connectivity index (χ4v) is 1.30. The Balaban J connectivity index is 2.88. The molecule has 0 aromatic heterocycles. The van der Waals surface area contributed by atoms with Crippen molar-refractivity contribution in [1.82, 2.24) is 5.32 Å². The van der Waals surface area contributed by atoms with E-state index in [4.69, 9.17) is 9.84 Å². The highest BCUT2D eigenvalue weighted by Gasteiger charge is 2.10. The molecule has 0 atom stereocenters. The maximum absolute atomic E-state index is 10.9.